The van der Waals surface area contributed by atoms with Gasteiger partial charge in [0.15, 0.2) is 5.75 Å². The number of methoxy groups -OCH3 is 2. The lowest BCUT2D eigenvalue weighted by Crippen LogP contribution is -2.17. The summed E-state index contributed by atoms with van der Waals surface area (Å²) in [6.07, 6.45) is 0. The van der Waals surface area contributed by atoms with Crippen molar-refractivity contribution < 1.29 is 36.1 Å². The summed E-state index contributed by atoms with van der Waals surface area (Å²) >= 11 is 0. The molecule has 1 aromatic carbocycles. The third-order valence-corrected chi connectivity index (χ3v) is 2.87. The molecule has 0 bridgehead atoms. The average molecular weight is 306 g/mol. The van der Waals surface area contributed by atoms with Crippen LogP contribution in [0.2, 0.25) is 0 Å². The van der Waals surface area contributed by atoms with Crippen LogP contribution in [0.4, 0.5) is 4.39 Å². The molecule has 0 fully saturated rings. The van der Waals surface area contributed by atoms with Crippen molar-refractivity contribution in [2.75, 3.05) is 20.2 Å². The van der Waals surface area contributed by atoms with Crippen LogP contribution in [-0.2, 0) is 19.6 Å². The topological polar surface area (TPSA) is 96.0 Å². The zero-order valence-electron chi connectivity index (χ0n) is 10.6. The zero-order valence-corrected chi connectivity index (χ0v) is 11.4. The van der Waals surface area contributed by atoms with Crippen LogP contribution in [0.25, 0.3) is 0 Å². The fourth-order valence-electron chi connectivity index (χ4n) is 1.35. The number of ether oxygens (including phenoxy) is 2. The highest BCUT2D eigenvalue weighted by Gasteiger charge is 2.26. The summed E-state index contributed by atoms with van der Waals surface area (Å²) in [5, 5.41) is 0. The fourth-order valence-corrected chi connectivity index (χ4v) is 1.81. The van der Waals surface area contributed by atoms with Crippen LogP contribution in [0.1, 0.15) is 20.7 Å². The van der Waals surface area contributed by atoms with Crippen LogP contribution in [0.5, 0.6) is 5.75 Å². The molecule has 0 spiro atoms. The number of hydrogen-bond acceptors (Lipinski definition) is 7. The lowest BCUT2D eigenvalue weighted by atomic mass is 10.1. The fraction of sp³-hybridized carbons (Fsp3) is 0.273. The summed E-state index contributed by atoms with van der Waals surface area (Å²) in [6.45, 7) is 0. The van der Waals surface area contributed by atoms with Crippen LogP contribution in [-0.4, -0.2) is 40.6 Å². The second kappa shape index (κ2) is 6.33. The molecule has 110 valence electrons. The minimum Gasteiger partial charge on any atom is -0.465 e. The summed E-state index contributed by atoms with van der Waals surface area (Å²) in [6, 6.07) is 1.77. The SMILES string of the molecule is COC(=O)c1cccc(OS(=O)(=O)CF)c1C(=O)OC. The van der Waals surface area contributed by atoms with Gasteiger partial charge in [-0.2, -0.15) is 8.42 Å². The third kappa shape index (κ3) is 3.44. The Hall–Kier alpha value is -2.16. The Balaban J connectivity index is 3.45. The molecular weight excluding hydrogens is 295 g/mol. The van der Waals surface area contributed by atoms with E-state index in [0.717, 1.165) is 20.3 Å². The van der Waals surface area contributed by atoms with Gasteiger partial charge in [0.2, 0.25) is 6.01 Å². The number of carbonyl (C=O) groups excluding carboxylic acids is 2. The molecule has 0 heterocycles. The molecule has 1 aromatic rings. The van der Waals surface area contributed by atoms with E-state index in [1.807, 2.05) is 0 Å². The third-order valence-electron chi connectivity index (χ3n) is 2.17. The number of esters is 2. The van der Waals surface area contributed by atoms with E-state index in [9.17, 15) is 22.4 Å². The van der Waals surface area contributed by atoms with E-state index in [0.29, 0.717) is 0 Å². The maximum atomic E-state index is 12.3. The van der Waals surface area contributed by atoms with Gasteiger partial charge in [0.05, 0.1) is 19.8 Å². The van der Waals surface area contributed by atoms with E-state index < -0.39 is 39.4 Å². The van der Waals surface area contributed by atoms with Gasteiger partial charge < -0.3 is 13.7 Å². The van der Waals surface area contributed by atoms with Crippen molar-refractivity contribution in [3.05, 3.63) is 29.3 Å². The van der Waals surface area contributed by atoms with Crippen molar-refractivity contribution in [1.29, 1.82) is 0 Å². The minimum absolute atomic E-state index is 0.258. The summed E-state index contributed by atoms with van der Waals surface area (Å²) in [4.78, 5) is 23.2. The second-order valence-electron chi connectivity index (χ2n) is 3.41. The van der Waals surface area contributed by atoms with Crippen molar-refractivity contribution in [2.45, 2.75) is 0 Å². The Bertz CT molecular complexity index is 624. The molecule has 0 aliphatic rings. The van der Waals surface area contributed by atoms with Crippen molar-refractivity contribution in [2.24, 2.45) is 0 Å². The van der Waals surface area contributed by atoms with Gasteiger partial charge in [-0.05, 0) is 12.1 Å². The van der Waals surface area contributed by atoms with Crippen LogP contribution in [0.3, 0.4) is 0 Å². The smallest absolute Gasteiger partial charge is 0.342 e. The summed E-state index contributed by atoms with van der Waals surface area (Å²) in [5.74, 6) is -2.43. The molecular formula is C11H11FO7S. The van der Waals surface area contributed by atoms with Crippen molar-refractivity contribution in [1.82, 2.24) is 0 Å². The van der Waals surface area contributed by atoms with E-state index in [4.69, 9.17) is 0 Å². The summed E-state index contributed by atoms with van der Waals surface area (Å²) in [5.41, 5.74) is -0.718. The Morgan fingerprint density at radius 2 is 1.75 bits per heavy atom. The van der Waals surface area contributed by atoms with E-state index in [1.54, 1.807) is 0 Å². The van der Waals surface area contributed by atoms with E-state index >= 15 is 0 Å². The highest BCUT2D eigenvalue weighted by atomic mass is 32.2. The lowest BCUT2D eigenvalue weighted by molar-refractivity contribution is 0.0553. The zero-order chi connectivity index (χ0) is 15.3. The van der Waals surface area contributed by atoms with E-state index in [1.165, 1.54) is 12.1 Å². The van der Waals surface area contributed by atoms with Crippen molar-refractivity contribution in [3.63, 3.8) is 0 Å². The number of halogens is 1. The Morgan fingerprint density at radius 1 is 1.15 bits per heavy atom. The van der Waals surface area contributed by atoms with Crippen LogP contribution in [0, 0.1) is 0 Å². The number of hydrogen-bond donors (Lipinski definition) is 0. The number of carbonyl (C=O) groups is 2. The average Bonchev–Trinajstić information content (AvgIpc) is 2.45. The molecule has 7 nitrogen and oxygen atoms in total. The first kappa shape index (κ1) is 15.9. The monoisotopic (exact) mass is 306 g/mol. The molecule has 9 heteroatoms. The van der Waals surface area contributed by atoms with Gasteiger partial charge in [-0.1, -0.05) is 6.07 Å². The van der Waals surface area contributed by atoms with Crippen LogP contribution < -0.4 is 4.18 Å². The molecule has 1 rings (SSSR count). The highest BCUT2D eigenvalue weighted by molar-refractivity contribution is 7.86. The first-order chi connectivity index (χ1) is 9.36. The standard InChI is InChI=1S/C11H11FO7S/c1-17-10(13)7-4-3-5-8(9(7)11(14)18-2)19-20(15,16)6-12/h3-5H,6H2,1-2H3. The largest absolute Gasteiger partial charge is 0.465 e. The predicted molar refractivity (Wildman–Crippen MR) is 64.6 cm³/mol. The molecule has 0 radical (unpaired) electrons. The normalized spacial score (nSPS) is 10.8. The summed E-state index contributed by atoms with van der Waals surface area (Å²) in [7, 11) is -2.40. The van der Waals surface area contributed by atoms with Crippen molar-refractivity contribution >= 4 is 22.1 Å². The molecule has 0 aliphatic heterocycles. The number of rotatable bonds is 5. The van der Waals surface area contributed by atoms with Gasteiger partial charge >= 0.3 is 22.1 Å². The molecule has 0 N–H and O–H groups in total. The van der Waals surface area contributed by atoms with Crippen LogP contribution >= 0.6 is 0 Å². The maximum Gasteiger partial charge on any atom is 0.342 e. The lowest BCUT2D eigenvalue weighted by Gasteiger charge is -2.11. The molecule has 0 saturated heterocycles. The summed E-state index contributed by atoms with van der Waals surface area (Å²) < 4.78 is 47.8. The van der Waals surface area contributed by atoms with Gasteiger partial charge in [0, 0.05) is 0 Å². The van der Waals surface area contributed by atoms with E-state index in [-0.39, 0.29) is 5.56 Å². The number of benzene rings is 1. The molecule has 0 amide bonds. The minimum atomic E-state index is -4.51. The molecule has 0 saturated carbocycles. The maximum absolute atomic E-state index is 12.3. The number of alkyl halides is 1. The van der Waals surface area contributed by atoms with Gasteiger partial charge in [0.1, 0.15) is 5.56 Å². The van der Waals surface area contributed by atoms with Gasteiger partial charge in [-0.15, -0.1) is 0 Å². The molecule has 0 atom stereocenters. The van der Waals surface area contributed by atoms with Gasteiger partial charge in [-0.3, -0.25) is 0 Å². The van der Waals surface area contributed by atoms with Gasteiger partial charge in [0.25, 0.3) is 0 Å². The predicted octanol–water partition coefficient (Wildman–Crippen LogP) is 0.895. The second-order valence-corrected chi connectivity index (χ2v) is 4.91. The Kier molecular flexibility index (Phi) is 5.03. The van der Waals surface area contributed by atoms with Crippen molar-refractivity contribution in [3.8, 4) is 5.75 Å². The molecule has 0 aromatic heterocycles. The molecule has 0 unspecified atom stereocenters. The molecule has 20 heavy (non-hydrogen) atoms. The Morgan fingerprint density at radius 3 is 2.25 bits per heavy atom. The quantitative estimate of drug-likeness (QED) is 0.589. The first-order valence-corrected chi connectivity index (χ1v) is 6.71. The highest BCUT2D eigenvalue weighted by Crippen LogP contribution is 2.25. The van der Waals surface area contributed by atoms with E-state index in [2.05, 4.69) is 13.7 Å². The van der Waals surface area contributed by atoms with Gasteiger partial charge in [-0.25, -0.2) is 14.0 Å². The van der Waals surface area contributed by atoms with Crippen LogP contribution in [0.15, 0.2) is 18.2 Å². The Labute approximate surface area is 114 Å². The first-order valence-electron chi connectivity index (χ1n) is 5.14. The molecule has 0 aliphatic carbocycles.